The van der Waals surface area contributed by atoms with Crippen molar-refractivity contribution in [2.75, 3.05) is 6.54 Å². The number of allylic oxidation sites excluding steroid dienone is 1. The van der Waals surface area contributed by atoms with Crippen LogP contribution in [0, 0.1) is 40.4 Å². The van der Waals surface area contributed by atoms with Crippen LogP contribution in [0.1, 0.15) is 66.2 Å². The van der Waals surface area contributed by atoms with Crippen LogP contribution in [0.25, 0.3) is 0 Å². The third-order valence-electron chi connectivity index (χ3n) is 8.35. The second-order valence-electron chi connectivity index (χ2n) is 10.5. The van der Waals surface area contributed by atoms with E-state index in [1.54, 1.807) is 11.8 Å². The van der Waals surface area contributed by atoms with Crippen molar-refractivity contribution in [2.45, 2.75) is 71.5 Å². The first-order chi connectivity index (χ1) is 12.7. The SMILES string of the molecule is CC(C)CNC(=O)C1C[C@H]2[C@@H]3CCC4SC(=O)C=C[C@]4(C)[C@@H]3CC[C@]2(C)C1. The molecule has 4 aliphatic rings. The molecule has 0 saturated heterocycles. The van der Waals surface area contributed by atoms with Gasteiger partial charge in [-0.3, -0.25) is 9.59 Å². The molecule has 1 aliphatic heterocycles. The van der Waals surface area contributed by atoms with Crippen LogP contribution >= 0.6 is 11.8 Å². The Balaban J connectivity index is 1.52. The topological polar surface area (TPSA) is 46.2 Å². The lowest BCUT2D eigenvalue weighted by atomic mass is 9.50. The predicted molar refractivity (Wildman–Crippen MR) is 111 cm³/mol. The van der Waals surface area contributed by atoms with E-state index in [4.69, 9.17) is 0 Å². The average Bonchev–Trinajstić information content (AvgIpc) is 2.98. The lowest BCUT2D eigenvalue weighted by molar-refractivity contribution is -0.125. The fourth-order valence-electron chi connectivity index (χ4n) is 6.91. The summed E-state index contributed by atoms with van der Waals surface area (Å²) in [6.07, 6.45) is 11.1. The van der Waals surface area contributed by atoms with Crippen molar-refractivity contribution >= 4 is 22.8 Å². The van der Waals surface area contributed by atoms with Crippen LogP contribution in [0.3, 0.4) is 0 Å². The van der Waals surface area contributed by atoms with Gasteiger partial charge < -0.3 is 5.32 Å². The fraction of sp³-hybridized carbons (Fsp3) is 0.826. The summed E-state index contributed by atoms with van der Waals surface area (Å²) in [5.41, 5.74) is 0.479. The van der Waals surface area contributed by atoms with Crippen LogP contribution in [0.2, 0.25) is 0 Å². The zero-order valence-corrected chi connectivity index (χ0v) is 18.1. The lowest BCUT2D eigenvalue weighted by Crippen LogP contribution is -2.52. The highest BCUT2D eigenvalue weighted by Gasteiger charge is 2.59. The van der Waals surface area contributed by atoms with Gasteiger partial charge in [0.1, 0.15) is 0 Å². The molecule has 0 aromatic rings. The van der Waals surface area contributed by atoms with Crippen LogP contribution in [0.5, 0.6) is 0 Å². The summed E-state index contributed by atoms with van der Waals surface area (Å²) in [4.78, 5) is 24.7. The molecule has 150 valence electrons. The summed E-state index contributed by atoms with van der Waals surface area (Å²) in [5.74, 6) is 3.04. The molecule has 0 aromatic carbocycles. The third-order valence-corrected chi connectivity index (χ3v) is 9.75. The standard InChI is InChI=1S/C23H35NO2S/c1-14(2)13-24-21(26)15-11-18-16-5-6-19-23(4,10-8-20(25)27-19)17(16)7-9-22(18,3)12-15/h8,10,14-19H,5-7,9,11-13H2,1-4H3,(H,24,26)/t15?,16-,17-,18+,19?,22-,23-/m1/s1. The van der Waals surface area contributed by atoms with Gasteiger partial charge in [-0.25, -0.2) is 0 Å². The van der Waals surface area contributed by atoms with E-state index in [1.165, 1.54) is 19.3 Å². The monoisotopic (exact) mass is 389 g/mol. The second kappa shape index (κ2) is 6.93. The minimum atomic E-state index is 0.154. The van der Waals surface area contributed by atoms with E-state index in [-0.39, 0.29) is 22.4 Å². The molecule has 0 spiro atoms. The zero-order valence-electron chi connectivity index (χ0n) is 17.3. The van der Waals surface area contributed by atoms with Gasteiger partial charge in [-0.15, -0.1) is 0 Å². The van der Waals surface area contributed by atoms with Crippen molar-refractivity contribution in [3.8, 4) is 0 Å². The smallest absolute Gasteiger partial charge is 0.223 e. The summed E-state index contributed by atoms with van der Waals surface area (Å²) >= 11 is 1.57. The molecular weight excluding hydrogens is 354 g/mol. The highest BCUT2D eigenvalue weighted by molar-refractivity contribution is 8.14. The van der Waals surface area contributed by atoms with E-state index in [1.807, 2.05) is 6.08 Å². The van der Waals surface area contributed by atoms with Crippen molar-refractivity contribution in [3.63, 3.8) is 0 Å². The van der Waals surface area contributed by atoms with Crippen LogP contribution in [0.15, 0.2) is 12.2 Å². The van der Waals surface area contributed by atoms with E-state index < -0.39 is 0 Å². The lowest BCUT2D eigenvalue weighted by Gasteiger charge is -2.57. The normalized spacial score (nSPS) is 46.0. The Kier molecular flexibility index (Phi) is 5.02. The zero-order chi connectivity index (χ0) is 19.4. The molecule has 4 heteroatoms. The quantitative estimate of drug-likeness (QED) is 0.753. The number of amides is 1. The number of hydrogen-bond acceptors (Lipinski definition) is 3. The van der Waals surface area contributed by atoms with E-state index in [0.717, 1.165) is 25.8 Å². The van der Waals surface area contributed by atoms with E-state index >= 15 is 0 Å². The Morgan fingerprint density at radius 2 is 2.04 bits per heavy atom. The Labute approximate surface area is 168 Å². The minimum Gasteiger partial charge on any atom is -0.356 e. The maximum absolute atomic E-state index is 12.8. The number of carbonyl (C=O) groups is 2. The molecule has 27 heavy (non-hydrogen) atoms. The molecule has 1 N–H and O–H groups in total. The number of fused-ring (bicyclic) bond motifs is 5. The minimum absolute atomic E-state index is 0.154. The van der Waals surface area contributed by atoms with Crippen molar-refractivity contribution in [1.82, 2.24) is 5.32 Å². The van der Waals surface area contributed by atoms with E-state index in [0.29, 0.717) is 34.3 Å². The van der Waals surface area contributed by atoms with Gasteiger partial charge in [0.05, 0.1) is 0 Å². The summed E-state index contributed by atoms with van der Waals surface area (Å²) in [7, 11) is 0. The summed E-state index contributed by atoms with van der Waals surface area (Å²) in [5, 5.41) is 3.88. The molecule has 2 unspecified atom stereocenters. The van der Waals surface area contributed by atoms with E-state index in [2.05, 4.69) is 39.1 Å². The Hall–Kier alpha value is -0.770. The van der Waals surface area contributed by atoms with Gasteiger partial charge in [0.15, 0.2) is 0 Å². The highest BCUT2D eigenvalue weighted by Crippen LogP contribution is 2.65. The molecule has 7 atom stereocenters. The van der Waals surface area contributed by atoms with Crippen LogP contribution in [-0.4, -0.2) is 22.8 Å². The Bertz CT molecular complexity index is 659. The molecule has 1 heterocycles. The number of rotatable bonds is 3. The van der Waals surface area contributed by atoms with Gasteiger partial charge in [-0.2, -0.15) is 0 Å². The third kappa shape index (κ3) is 3.30. The molecule has 4 rings (SSSR count). The summed E-state index contributed by atoms with van der Waals surface area (Å²) in [6, 6.07) is 0. The Morgan fingerprint density at radius 1 is 1.26 bits per heavy atom. The molecule has 0 bridgehead atoms. The molecular formula is C23H35NO2S. The fourth-order valence-corrected chi connectivity index (χ4v) is 8.10. The average molecular weight is 390 g/mol. The maximum atomic E-state index is 12.8. The van der Waals surface area contributed by atoms with Crippen LogP contribution < -0.4 is 5.32 Å². The highest BCUT2D eigenvalue weighted by atomic mass is 32.2. The van der Waals surface area contributed by atoms with Crippen molar-refractivity contribution in [3.05, 3.63) is 12.2 Å². The van der Waals surface area contributed by atoms with Gasteiger partial charge in [0.2, 0.25) is 11.0 Å². The maximum Gasteiger partial charge on any atom is 0.223 e. The molecule has 0 aromatic heterocycles. The van der Waals surface area contributed by atoms with Crippen molar-refractivity contribution < 1.29 is 9.59 Å². The number of carbonyl (C=O) groups excluding carboxylic acids is 2. The molecule has 3 aliphatic carbocycles. The van der Waals surface area contributed by atoms with Gasteiger partial charge >= 0.3 is 0 Å². The second-order valence-corrected chi connectivity index (χ2v) is 11.8. The van der Waals surface area contributed by atoms with Gasteiger partial charge in [-0.1, -0.05) is 45.5 Å². The first-order valence-corrected chi connectivity index (χ1v) is 11.8. The number of nitrogens with one attached hydrogen (secondary N) is 1. The van der Waals surface area contributed by atoms with Crippen LogP contribution in [0.4, 0.5) is 0 Å². The first kappa shape index (κ1) is 19.5. The van der Waals surface area contributed by atoms with Gasteiger partial charge in [0, 0.05) is 23.1 Å². The number of hydrogen-bond donors (Lipinski definition) is 1. The Morgan fingerprint density at radius 3 is 2.78 bits per heavy atom. The first-order valence-electron chi connectivity index (χ1n) is 10.9. The van der Waals surface area contributed by atoms with E-state index in [9.17, 15) is 9.59 Å². The molecule has 1 amide bonds. The largest absolute Gasteiger partial charge is 0.356 e. The molecule has 0 radical (unpaired) electrons. The predicted octanol–water partition coefficient (Wildman–Crippen LogP) is 4.82. The summed E-state index contributed by atoms with van der Waals surface area (Å²) < 4.78 is 0. The van der Waals surface area contributed by atoms with Crippen molar-refractivity contribution in [1.29, 1.82) is 0 Å². The summed E-state index contributed by atoms with van der Waals surface area (Å²) in [6.45, 7) is 9.95. The van der Waals surface area contributed by atoms with Gasteiger partial charge in [-0.05, 0) is 73.7 Å². The molecule has 3 fully saturated rings. The molecule has 3 nitrogen and oxygen atoms in total. The molecule has 3 saturated carbocycles. The van der Waals surface area contributed by atoms with Crippen LogP contribution in [-0.2, 0) is 9.59 Å². The van der Waals surface area contributed by atoms with Crippen molar-refractivity contribution in [2.24, 2.45) is 40.4 Å². The number of thioether (sulfide) groups is 1. The van der Waals surface area contributed by atoms with Gasteiger partial charge in [0.25, 0.3) is 0 Å².